The van der Waals surface area contributed by atoms with Crippen molar-refractivity contribution in [1.29, 1.82) is 0 Å². The Kier molecular flexibility index (Phi) is 3.66. The zero-order valence-corrected chi connectivity index (χ0v) is 11.4. The molecule has 2 aromatic rings. The summed E-state index contributed by atoms with van der Waals surface area (Å²) in [6.45, 7) is 6.64. The van der Waals surface area contributed by atoms with Crippen LogP contribution < -0.4 is 0 Å². The second-order valence-electron chi connectivity index (χ2n) is 5.28. The molecule has 0 aliphatic rings. The zero-order chi connectivity index (χ0) is 13.0. The van der Waals surface area contributed by atoms with Crippen molar-refractivity contribution in [3.05, 3.63) is 77.4 Å². The van der Waals surface area contributed by atoms with E-state index in [4.69, 9.17) is 0 Å². The minimum atomic E-state index is 0.0591. The average Bonchev–Trinajstić information content (AvgIpc) is 2.39. The normalized spacial score (nSPS) is 11.9. The molecular formula is C18H20. The number of rotatable bonds is 3. The van der Waals surface area contributed by atoms with Gasteiger partial charge in [-0.2, -0.15) is 0 Å². The first-order valence-corrected chi connectivity index (χ1v) is 6.40. The van der Waals surface area contributed by atoms with Crippen LogP contribution in [0.3, 0.4) is 0 Å². The second kappa shape index (κ2) is 5.22. The lowest BCUT2D eigenvalue weighted by molar-refractivity contribution is 0.673. The smallest absolute Gasteiger partial charge is 0.00786 e. The van der Waals surface area contributed by atoms with Gasteiger partial charge >= 0.3 is 0 Å². The van der Waals surface area contributed by atoms with Gasteiger partial charge in [0.15, 0.2) is 0 Å². The molecule has 0 heteroatoms. The largest absolute Gasteiger partial charge is 0.0739 e. The van der Waals surface area contributed by atoms with Gasteiger partial charge in [-0.15, -0.1) is 0 Å². The maximum atomic E-state index is 2.28. The SMILES string of the molecule is Cc1ccccc1/C=C/C(C)(C)c1ccccc1. The molecule has 2 rings (SSSR count). The van der Waals surface area contributed by atoms with E-state index < -0.39 is 0 Å². The standard InChI is InChI=1S/C18H20/c1-15-9-7-8-10-16(15)13-14-18(2,3)17-11-5-4-6-12-17/h4-14H,1-3H3/b14-13+. The monoisotopic (exact) mass is 236 g/mol. The molecule has 0 atom stereocenters. The number of benzene rings is 2. The zero-order valence-electron chi connectivity index (χ0n) is 11.4. The highest BCUT2D eigenvalue weighted by Gasteiger charge is 2.15. The van der Waals surface area contributed by atoms with E-state index in [-0.39, 0.29) is 5.41 Å². The summed E-state index contributed by atoms with van der Waals surface area (Å²) in [7, 11) is 0. The predicted molar refractivity (Wildman–Crippen MR) is 79.7 cm³/mol. The Morgan fingerprint density at radius 3 is 2.11 bits per heavy atom. The van der Waals surface area contributed by atoms with E-state index in [1.54, 1.807) is 0 Å². The maximum absolute atomic E-state index is 2.28. The number of aryl methyl sites for hydroxylation is 1. The summed E-state index contributed by atoms with van der Waals surface area (Å²) in [5.74, 6) is 0. The Labute approximate surface area is 110 Å². The van der Waals surface area contributed by atoms with Crippen molar-refractivity contribution in [2.75, 3.05) is 0 Å². The fourth-order valence-corrected chi connectivity index (χ4v) is 2.04. The van der Waals surface area contributed by atoms with Crippen LogP contribution in [0, 0.1) is 6.92 Å². The van der Waals surface area contributed by atoms with Crippen LogP contribution in [0.1, 0.15) is 30.5 Å². The summed E-state index contributed by atoms with van der Waals surface area (Å²) in [6, 6.07) is 19.1. The molecular weight excluding hydrogens is 216 g/mol. The van der Waals surface area contributed by atoms with Crippen LogP contribution in [0.25, 0.3) is 6.08 Å². The average molecular weight is 236 g/mol. The fraction of sp³-hybridized carbons (Fsp3) is 0.222. The Morgan fingerprint density at radius 1 is 0.833 bits per heavy atom. The lowest BCUT2D eigenvalue weighted by Gasteiger charge is -2.21. The second-order valence-corrected chi connectivity index (χ2v) is 5.28. The molecule has 0 unspecified atom stereocenters. The molecule has 0 heterocycles. The van der Waals surface area contributed by atoms with Crippen LogP contribution in [0.2, 0.25) is 0 Å². The van der Waals surface area contributed by atoms with E-state index in [0.717, 1.165) is 0 Å². The first-order chi connectivity index (χ1) is 8.59. The van der Waals surface area contributed by atoms with Crippen molar-refractivity contribution < 1.29 is 0 Å². The quantitative estimate of drug-likeness (QED) is 0.704. The summed E-state index contributed by atoms with van der Waals surface area (Å²) in [5, 5.41) is 0. The van der Waals surface area contributed by atoms with Crippen LogP contribution in [-0.2, 0) is 5.41 Å². The van der Waals surface area contributed by atoms with Crippen LogP contribution in [0.5, 0.6) is 0 Å². The predicted octanol–water partition coefficient (Wildman–Crippen LogP) is 4.99. The third kappa shape index (κ3) is 2.89. The van der Waals surface area contributed by atoms with Crippen molar-refractivity contribution in [2.24, 2.45) is 0 Å². The summed E-state index contributed by atoms with van der Waals surface area (Å²) in [5.41, 5.74) is 4.01. The summed E-state index contributed by atoms with van der Waals surface area (Å²) in [6.07, 6.45) is 4.51. The van der Waals surface area contributed by atoms with Gasteiger partial charge in [-0.25, -0.2) is 0 Å². The van der Waals surface area contributed by atoms with Crippen LogP contribution >= 0.6 is 0 Å². The van der Waals surface area contributed by atoms with E-state index >= 15 is 0 Å². The third-order valence-electron chi connectivity index (χ3n) is 3.39. The molecule has 2 aromatic carbocycles. The molecule has 0 aliphatic carbocycles. The summed E-state index contributed by atoms with van der Waals surface area (Å²) in [4.78, 5) is 0. The molecule has 0 saturated heterocycles. The maximum Gasteiger partial charge on any atom is 0.00786 e. The first-order valence-electron chi connectivity index (χ1n) is 6.40. The molecule has 0 nitrogen and oxygen atoms in total. The highest BCUT2D eigenvalue weighted by atomic mass is 14.2. The Hall–Kier alpha value is -1.82. The Balaban J connectivity index is 2.26. The van der Waals surface area contributed by atoms with Crippen LogP contribution in [0.15, 0.2) is 60.7 Å². The minimum absolute atomic E-state index is 0.0591. The van der Waals surface area contributed by atoms with Crippen molar-refractivity contribution in [1.82, 2.24) is 0 Å². The van der Waals surface area contributed by atoms with E-state index in [0.29, 0.717) is 0 Å². The van der Waals surface area contributed by atoms with E-state index in [1.165, 1.54) is 16.7 Å². The molecule has 18 heavy (non-hydrogen) atoms. The molecule has 0 aliphatic heterocycles. The highest BCUT2D eigenvalue weighted by molar-refractivity contribution is 5.55. The van der Waals surface area contributed by atoms with Crippen molar-refractivity contribution in [3.8, 4) is 0 Å². The summed E-state index contributed by atoms with van der Waals surface area (Å²) >= 11 is 0. The highest BCUT2D eigenvalue weighted by Crippen LogP contribution is 2.25. The first kappa shape index (κ1) is 12.6. The van der Waals surface area contributed by atoms with E-state index in [1.807, 2.05) is 0 Å². The van der Waals surface area contributed by atoms with Gasteiger partial charge in [-0.05, 0) is 23.6 Å². The van der Waals surface area contributed by atoms with Crippen LogP contribution in [0.4, 0.5) is 0 Å². The molecule has 0 spiro atoms. The molecule has 0 N–H and O–H groups in total. The lowest BCUT2D eigenvalue weighted by atomic mass is 9.84. The molecule has 0 aromatic heterocycles. The van der Waals surface area contributed by atoms with Gasteiger partial charge in [0.2, 0.25) is 0 Å². The van der Waals surface area contributed by atoms with Crippen molar-refractivity contribution in [2.45, 2.75) is 26.2 Å². The van der Waals surface area contributed by atoms with Gasteiger partial charge in [0.25, 0.3) is 0 Å². The Morgan fingerprint density at radius 2 is 1.44 bits per heavy atom. The van der Waals surface area contributed by atoms with E-state index in [2.05, 4.69) is 87.5 Å². The van der Waals surface area contributed by atoms with Crippen molar-refractivity contribution in [3.63, 3.8) is 0 Å². The van der Waals surface area contributed by atoms with Crippen LogP contribution in [-0.4, -0.2) is 0 Å². The van der Waals surface area contributed by atoms with Gasteiger partial charge in [0.1, 0.15) is 0 Å². The number of allylic oxidation sites excluding steroid dienone is 1. The third-order valence-corrected chi connectivity index (χ3v) is 3.39. The molecule has 0 amide bonds. The van der Waals surface area contributed by atoms with Gasteiger partial charge in [0.05, 0.1) is 0 Å². The fourth-order valence-electron chi connectivity index (χ4n) is 2.04. The number of hydrogen-bond donors (Lipinski definition) is 0. The molecule has 0 fully saturated rings. The lowest BCUT2D eigenvalue weighted by Crippen LogP contribution is -2.12. The molecule has 0 saturated carbocycles. The van der Waals surface area contributed by atoms with Crippen molar-refractivity contribution >= 4 is 6.08 Å². The van der Waals surface area contributed by atoms with E-state index in [9.17, 15) is 0 Å². The molecule has 0 bridgehead atoms. The minimum Gasteiger partial charge on any atom is -0.0739 e. The topological polar surface area (TPSA) is 0 Å². The summed E-state index contributed by atoms with van der Waals surface area (Å²) < 4.78 is 0. The van der Waals surface area contributed by atoms with Gasteiger partial charge < -0.3 is 0 Å². The van der Waals surface area contributed by atoms with Gasteiger partial charge in [-0.3, -0.25) is 0 Å². The molecule has 0 radical (unpaired) electrons. The van der Waals surface area contributed by atoms with Gasteiger partial charge in [-0.1, -0.05) is 80.6 Å². The molecule has 92 valence electrons. The van der Waals surface area contributed by atoms with Gasteiger partial charge in [0, 0.05) is 5.41 Å². The Bertz CT molecular complexity index is 533. The number of hydrogen-bond acceptors (Lipinski definition) is 0.